The highest BCUT2D eigenvalue weighted by Gasteiger charge is 2.21. The van der Waals surface area contributed by atoms with Crippen LogP contribution in [0.25, 0.3) is 21.9 Å². The molecule has 170 valence electrons. The van der Waals surface area contributed by atoms with E-state index in [0.717, 1.165) is 53.4 Å². The molecule has 0 unspecified atom stereocenters. The zero-order valence-corrected chi connectivity index (χ0v) is 18.7. The number of hydrogen-bond acceptors (Lipinski definition) is 6. The summed E-state index contributed by atoms with van der Waals surface area (Å²) in [5, 5.41) is 15.7. The second-order valence-corrected chi connectivity index (χ2v) is 9.12. The van der Waals surface area contributed by atoms with Gasteiger partial charge in [-0.05, 0) is 56.6 Å². The van der Waals surface area contributed by atoms with Crippen LogP contribution in [-0.2, 0) is 28.9 Å². The van der Waals surface area contributed by atoms with Gasteiger partial charge in [0.2, 0.25) is 5.91 Å². The molecule has 1 aliphatic rings. The molecule has 4 rings (SSSR count). The van der Waals surface area contributed by atoms with Crippen LogP contribution in [0.5, 0.6) is 0 Å². The van der Waals surface area contributed by atoms with Crippen LogP contribution in [0.2, 0.25) is 0 Å². The summed E-state index contributed by atoms with van der Waals surface area (Å²) in [6.07, 6.45) is 4.59. The molecule has 2 aromatic heterocycles. The van der Waals surface area contributed by atoms with Gasteiger partial charge in [0, 0.05) is 40.8 Å². The fraction of sp³-hybridized carbons (Fsp3) is 0.480. The molecule has 0 fully saturated rings. The number of aryl methyl sites for hydroxylation is 3. The lowest BCUT2D eigenvalue weighted by Gasteiger charge is -2.21. The SMILES string of the molecule is Cc1c(CCC(=O)N[C@@H](CC(C)C)C(=O)[O-])c(=O)oc2cc3oc4c(c3cc12)CCCC4. The van der Waals surface area contributed by atoms with E-state index in [4.69, 9.17) is 8.83 Å². The van der Waals surface area contributed by atoms with Crippen molar-refractivity contribution in [2.24, 2.45) is 5.92 Å². The number of fused-ring (bicyclic) bond motifs is 4. The predicted molar refractivity (Wildman–Crippen MR) is 118 cm³/mol. The summed E-state index contributed by atoms with van der Waals surface area (Å²) in [6, 6.07) is 2.76. The number of nitrogens with one attached hydrogen (secondary N) is 1. The largest absolute Gasteiger partial charge is 0.548 e. The molecule has 1 amide bonds. The van der Waals surface area contributed by atoms with Crippen LogP contribution >= 0.6 is 0 Å². The quantitative estimate of drug-likeness (QED) is 0.568. The average molecular weight is 439 g/mol. The number of amides is 1. The van der Waals surface area contributed by atoms with Crippen LogP contribution in [-0.4, -0.2) is 17.9 Å². The maximum atomic E-state index is 12.6. The summed E-state index contributed by atoms with van der Waals surface area (Å²) in [7, 11) is 0. The van der Waals surface area contributed by atoms with Crippen molar-refractivity contribution >= 4 is 33.8 Å². The molecule has 2 heterocycles. The van der Waals surface area contributed by atoms with E-state index in [2.05, 4.69) is 5.32 Å². The fourth-order valence-electron chi connectivity index (χ4n) is 4.62. The molecule has 1 atom stereocenters. The van der Waals surface area contributed by atoms with Gasteiger partial charge in [0.05, 0.1) is 12.0 Å². The summed E-state index contributed by atoms with van der Waals surface area (Å²) < 4.78 is 11.6. The van der Waals surface area contributed by atoms with Crippen molar-refractivity contribution in [3.8, 4) is 0 Å². The molecule has 1 aliphatic carbocycles. The third-order valence-electron chi connectivity index (χ3n) is 6.29. The standard InChI is InChI=1S/C25H29NO6/c1-13(2)10-19(24(28)29)26-23(27)9-8-15-14(3)17-11-18-16-6-4-5-7-20(16)31-22(18)12-21(17)32-25(15)30/h11-13,19H,4-10H2,1-3H3,(H,26,27)(H,28,29)/p-1/t19-/m0/s1. The second kappa shape index (κ2) is 8.81. The molecular formula is C25H28NO6-. The summed E-state index contributed by atoms with van der Waals surface area (Å²) in [5.41, 5.74) is 3.15. The minimum atomic E-state index is -1.30. The van der Waals surface area contributed by atoms with Gasteiger partial charge in [-0.15, -0.1) is 0 Å². The van der Waals surface area contributed by atoms with Gasteiger partial charge in [-0.1, -0.05) is 13.8 Å². The monoisotopic (exact) mass is 438 g/mol. The molecule has 32 heavy (non-hydrogen) atoms. The lowest BCUT2D eigenvalue weighted by atomic mass is 9.94. The fourth-order valence-corrected chi connectivity index (χ4v) is 4.62. The third-order valence-corrected chi connectivity index (χ3v) is 6.29. The van der Waals surface area contributed by atoms with Gasteiger partial charge in [-0.3, -0.25) is 4.79 Å². The molecule has 0 radical (unpaired) electrons. The summed E-state index contributed by atoms with van der Waals surface area (Å²) in [5.74, 6) is -0.625. The normalized spacial score (nSPS) is 14.6. The summed E-state index contributed by atoms with van der Waals surface area (Å²) in [4.78, 5) is 36.3. The average Bonchev–Trinajstić information content (AvgIpc) is 3.09. The van der Waals surface area contributed by atoms with Crippen LogP contribution in [0.4, 0.5) is 0 Å². The van der Waals surface area contributed by atoms with Gasteiger partial charge in [-0.2, -0.15) is 0 Å². The highest BCUT2D eigenvalue weighted by Crippen LogP contribution is 2.35. The Kier molecular flexibility index (Phi) is 6.09. The molecule has 0 aliphatic heterocycles. The van der Waals surface area contributed by atoms with E-state index in [0.29, 0.717) is 11.1 Å². The van der Waals surface area contributed by atoms with Crippen molar-refractivity contribution in [1.29, 1.82) is 0 Å². The van der Waals surface area contributed by atoms with E-state index >= 15 is 0 Å². The Bertz CT molecular complexity index is 1250. The highest BCUT2D eigenvalue weighted by molar-refractivity contribution is 5.97. The Morgan fingerprint density at radius 3 is 2.53 bits per heavy atom. The van der Waals surface area contributed by atoms with E-state index in [1.54, 1.807) is 6.07 Å². The van der Waals surface area contributed by atoms with Crippen LogP contribution in [0, 0.1) is 12.8 Å². The number of aliphatic carboxylic acids is 1. The topological polar surface area (TPSA) is 113 Å². The van der Waals surface area contributed by atoms with E-state index in [-0.39, 0.29) is 25.2 Å². The Balaban J connectivity index is 1.60. The van der Waals surface area contributed by atoms with Gasteiger partial charge in [0.25, 0.3) is 0 Å². The van der Waals surface area contributed by atoms with Crippen molar-refractivity contribution in [3.63, 3.8) is 0 Å². The van der Waals surface area contributed by atoms with Crippen molar-refractivity contribution in [2.45, 2.75) is 71.8 Å². The minimum absolute atomic E-state index is 0.0116. The van der Waals surface area contributed by atoms with Gasteiger partial charge < -0.3 is 24.1 Å². The van der Waals surface area contributed by atoms with E-state index < -0.39 is 23.5 Å². The second-order valence-electron chi connectivity index (χ2n) is 9.12. The van der Waals surface area contributed by atoms with Crippen molar-refractivity contribution in [2.75, 3.05) is 0 Å². The summed E-state index contributed by atoms with van der Waals surface area (Å²) in [6.45, 7) is 5.60. The molecule has 7 nitrogen and oxygen atoms in total. The molecule has 0 saturated carbocycles. The zero-order valence-electron chi connectivity index (χ0n) is 18.7. The Hall–Kier alpha value is -3.09. The maximum Gasteiger partial charge on any atom is 0.339 e. The zero-order chi connectivity index (χ0) is 23.0. The van der Waals surface area contributed by atoms with Crippen molar-refractivity contribution in [3.05, 3.63) is 45.0 Å². The van der Waals surface area contributed by atoms with Crippen molar-refractivity contribution < 1.29 is 23.5 Å². The van der Waals surface area contributed by atoms with Crippen LogP contribution in [0.1, 0.15) is 62.0 Å². The van der Waals surface area contributed by atoms with Gasteiger partial charge in [0.1, 0.15) is 16.9 Å². The van der Waals surface area contributed by atoms with Gasteiger partial charge >= 0.3 is 5.63 Å². The third kappa shape index (κ3) is 4.29. The number of furan rings is 1. The number of carboxylic acid groups (broad SMARTS) is 1. The van der Waals surface area contributed by atoms with E-state index in [1.165, 1.54) is 5.56 Å². The van der Waals surface area contributed by atoms with Crippen LogP contribution in [0.15, 0.2) is 25.8 Å². The Morgan fingerprint density at radius 1 is 1.09 bits per heavy atom. The Morgan fingerprint density at radius 2 is 1.81 bits per heavy atom. The number of carbonyl (C=O) groups is 2. The van der Waals surface area contributed by atoms with Crippen molar-refractivity contribution in [1.82, 2.24) is 5.32 Å². The molecule has 7 heteroatoms. The molecule has 1 aromatic carbocycles. The molecule has 3 aromatic rings. The molecule has 0 saturated heterocycles. The van der Waals surface area contributed by atoms with Gasteiger partial charge in [-0.25, -0.2) is 4.79 Å². The number of carboxylic acids is 1. The summed E-state index contributed by atoms with van der Waals surface area (Å²) >= 11 is 0. The number of carbonyl (C=O) groups excluding carboxylic acids is 2. The van der Waals surface area contributed by atoms with E-state index in [9.17, 15) is 19.5 Å². The molecule has 0 spiro atoms. The first-order valence-electron chi connectivity index (χ1n) is 11.3. The number of benzene rings is 1. The first-order valence-corrected chi connectivity index (χ1v) is 11.3. The van der Waals surface area contributed by atoms with Crippen LogP contribution < -0.4 is 16.0 Å². The first kappa shape index (κ1) is 22.1. The number of hydrogen-bond donors (Lipinski definition) is 1. The highest BCUT2D eigenvalue weighted by atomic mass is 16.4. The lowest BCUT2D eigenvalue weighted by Crippen LogP contribution is -2.48. The smallest absolute Gasteiger partial charge is 0.339 e. The van der Waals surface area contributed by atoms with Gasteiger partial charge in [0.15, 0.2) is 0 Å². The minimum Gasteiger partial charge on any atom is -0.548 e. The lowest BCUT2D eigenvalue weighted by molar-refractivity contribution is -0.308. The molecule has 1 N–H and O–H groups in total. The predicted octanol–water partition coefficient (Wildman–Crippen LogP) is 2.94. The van der Waals surface area contributed by atoms with E-state index in [1.807, 2.05) is 26.8 Å². The maximum absolute atomic E-state index is 12.6. The number of rotatable bonds is 7. The van der Waals surface area contributed by atoms with Crippen LogP contribution in [0.3, 0.4) is 0 Å². The molecule has 0 bridgehead atoms. The first-order chi connectivity index (χ1) is 15.2. The molecular weight excluding hydrogens is 410 g/mol. The Labute approximate surface area is 185 Å².